The first-order valence-corrected chi connectivity index (χ1v) is 8.07. The summed E-state index contributed by atoms with van der Waals surface area (Å²) in [5.41, 5.74) is 4.06. The van der Waals surface area contributed by atoms with Crippen molar-refractivity contribution in [3.05, 3.63) is 52.2 Å². The van der Waals surface area contributed by atoms with Crippen LogP contribution in [0.15, 0.2) is 35.9 Å². The normalized spacial score (nSPS) is 15.5. The van der Waals surface area contributed by atoms with E-state index in [4.69, 9.17) is 26.3 Å². The molecule has 0 saturated carbocycles. The van der Waals surface area contributed by atoms with Crippen LogP contribution in [0.1, 0.15) is 11.3 Å². The van der Waals surface area contributed by atoms with Gasteiger partial charge in [-0.1, -0.05) is 11.6 Å². The summed E-state index contributed by atoms with van der Waals surface area (Å²) in [5.74, 6) is 0.386. The van der Waals surface area contributed by atoms with E-state index in [1.165, 1.54) is 7.11 Å². The number of benzene rings is 1. The average molecular weight is 357 g/mol. The summed E-state index contributed by atoms with van der Waals surface area (Å²) >= 11 is 6.10. The number of rotatable bonds is 4. The van der Waals surface area contributed by atoms with Crippen molar-refractivity contribution in [2.24, 2.45) is 0 Å². The topological polar surface area (TPSA) is 79.2 Å². The Labute approximate surface area is 151 Å². The zero-order chi connectivity index (χ0) is 17.6. The first-order valence-electron chi connectivity index (χ1n) is 7.69. The monoisotopic (exact) mass is 356 g/mol. The minimum atomic E-state index is 0.311. The highest BCUT2D eigenvalue weighted by atomic mass is 35.5. The molecule has 1 aromatic carbocycles. The molecule has 0 bridgehead atoms. The molecule has 1 aliphatic rings. The third kappa shape index (κ3) is 4.21. The molecule has 128 valence electrons. The fraction of sp³-hybridized carbons (Fsp3) is 0.222. The third-order valence-electron chi connectivity index (χ3n) is 3.70. The standard InChI is InChI=1S/C18H17ClN4O2/c1-24-18-17(5-3-15(8-20)23-18)21-9-12-6-13-7-14(19)2-4-16(13)22-11-25-10-12/h2-7,21-22H,9-11H2,1H3/b12-6-. The zero-order valence-corrected chi connectivity index (χ0v) is 14.4. The lowest BCUT2D eigenvalue weighted by atomic mass is 10.1. The summed E-state index contributed by atoms with van der Waals surface area (Å²) in [7, 11) is 1.52. The van der Waals surface area contributed by atoms with Crippen molar-refractivity contribution in [2.75, 3.05) is 37.6 Å². The van der Waals surface area contributed by atoms with Crippen LogP contribution in [0.3, 0.4) is 0 Å². The van der Waals surface area contributed by atoms with Gasteiger partial charge in [-0.25, -0.2) is 4.98 Å². The largest absolute Gasteiger partial charge is 0.479 e. The number of ether oxygens (including phenoxy) is 2. The van der Waals surface area contributed by atoms with Crippen LogP contribution in [0, 0.1) is 11.3 Å². The van der Waals surface area contributed by atoms with E-state index in [2.05, 4.69) is 15.6 Å². The van der Waals surface area contributed by atoms with Gasteiger partial charge in [0.25, 0.3) is 0 Å². The lowest BCUT2D eigenvalue weighted by Crippen LogP contribution is -2.16. The Hall–Kier alpha value is -2.75. The maximum Gasteiger partial charge on any atom is 0.238 e. The number of anilines is 2. The number of halogens is 1. The molecule has 0 radical (unpaired) electrons. The number of nitriles is 1. The summed E-state index contributed by atoms with van der Waals surface area (Å²) in [5, 5.41) is 16.1. The lowest BCUT2D eigenvalue weighted by Gasteiger charge is -2.18. The third-order valence-corrected chi connectivity index (χ3v) is 3.93. The maximum atomic E-state index is 8.92. The van der Waals surface area contributed by atoms with Gasteiger partial charge in [0, 0.05) is 17.3 Å². The van der Waals surface area contributed by atoms with Crippen LogP contribution in [0.5, 0.6) is 5.88 Å². The Kier molecular flexibility index (Phi) is 5.39. The molecule has 0 unspecified atom stereocenters. The number of pyridine rings is 1. The molecule has 25 heavy (non-hydrogen) atoms. The summed E-state index contributed by atoms with van der Waals surface area (Å²) in [4.78, 5) is 4.13. The molecule has 0 atom stereocenters. The Balaban J connectivity index is 1.81. The maximum absolute atomic E-state index is 8.92. The van der Waals surface area contributed by atoms with Crippen molar-refractivity contribution in [2.45, 2.75) is 0 Å². The molecule has 7 heteroatoms. The van der Waals surface area contributed by atoms with Gasteiger partial charge in [-0.05, 0) is 47.5 Å². The highest BCUT2D eigenvalue weighted by Gasteiger charge is 2.10. The molecule has 2 aromatic rings. The molecular weight excluding hydrogens is 340 g/mol. The second-order valence-corrected chi connectivity index (χ2v) is 5.86. The van der Waals surface area contributed by atoms with Crippen LogP contribution in [-0.4, -0.2) is 32.0 Å². The SMILES string of the molecule is COc1nc(C#N)ccc1NC/C1=C/c2cc(Cl)ccc2NCOC1. The number of hydrogen-bond donors (Lipinski definition) is 2. The van der Waals surface area contributed by atoms with Gasteiger partial charge in [-0.3, -0.25) is 0 Å². The predicted molar refractivity (Wildman–Crippen MR) is 97.9 cm³/mol. The number of nitrogens with one attached hydrogen (secondary N) is 2. The number of aromatic nitrogens is 1. The zero-order valence-electron chi connectivity index (χ0n) is 13.7. The highest BCUT2D eigenvalue weighted by molar-refractivity contribution is 6.30. The van der Waals surface area contributed by atoms with E-state index in [9.17, 15) is 0 Å². The molecule has 0 aliphatic carbocycles. The smallest absolute Gasteiger partial charge is 0.238 e. The summed E-state index contributed by atoms with van der Waals surface area (Å²) < 4.78 is 10.9. The number of fused-ring (bicyclic) bond motifs is 1. The minimum absolute atomic E-state index is 0.311. The van der Waals surface area contributed by atoms with Crippen LogP contribution >= 0.6 is 11.6 Å². The van der Waals surface area contributed by atoms with E-state index in [-0.39, 0.29) is 0 Å². The van der Waals surface area contributed by atoms with E-state index in [0.29, 0.717) is 42.2 Å². The molecular formula is C18H17ClN4O2. The van der Waals surface area contributed by atoms with Gasteiger partial charge in [0.15, 0.2) is 0 Å². The number of methoxy groups -OCH3 is 1. The van der Waals surface area contributed by atoms with Crippen molar-refractivity contribution in [3.63, 3.8) is 0 Å². The van der Waals surface area contributed by atoms with E-state index < -0.39 is 0 Å². The number of hydrogen-bond acceptors (Lipinski definition) is 6. The molecule has 0 spiro atoms. The van der Waals surface area contributed by atoms with E-state index in [1.807, 2.05) is 30.3 Å². The second kappa shape index (κ2) is 7.88. The molecule has 1 aromatic heterocycles. The van der Waals surface area contributed by atoms with E-state index in [0.717, 1.165) is 16.8 Å². The van der Waals surface area contributed by atoms with Gasteiger partial charge in [0.2, 0.25) is 5.88 Å². The second-order valence-electron chi connectivity index (χ2n) is 5.42. The van der Waals surface area contributed by atoms with Crippen LogP contribution in [0.2, 0.25) is 5.02 Å². The van der Waals surface area contributed by atoms with Gasteiger partial charge in [0.1, 0.15) is 18.5 Å². The highest BCUT2D eigenvalue weighted by Crippen LogP contribution is 2.26. The van der Waals surface area contributed by atoms with Crippen molar-refractivity contribution in [3.8, 4) is 11.9 Å². The molecule has 1 aliphatic heterocycles. The Bertz CT molecular complexity index is 845. The van der Waals surface area contributed by atoms with Gasteiger partial charge >= 0.3 is 0 Å². The molecule has 6 nitrogen and oxygen atoms in total. The van der Waals surface area contributed by atoms with Gasteiger partial charge in [-0.15, -0.1) is 0 Å². The van der Waals surface area contributed by atoms with Crippen molar-refractivity contribution in [1.29, 1.82) is 5.26 Å². The molecule has 2 heterocycles. The minimum Gasteiger partial charge on any atom is -0.479 e. The summed E-state index contributed by atoms with van der Waals surface area (Å²) in [6, 6.07) is 11.1. The molecule has 0 amide bonds. The summed E-state index contributed by atoms with van der Waals surface area (Å²) in [6.45, 7) is 1.46. The Morgan fingerprint density at radius 3 is 3.08 bits per heavy atom. The molecule has 0 saturated heterocycles. The first kappa shape index (κ1) is 17.1. The fourth-order valence-corrected chi connectivity index (χ4v) is 2.67. The van der Waals surface area contributed by atoms with E-state index in [1.54, 1.807) is 12.1 Å². The number of nitrogens with zero attached hydrogens (tertiary/aromatic N) is 2. The van der Waals surface area contributed by atoms with Crippen molar-refractivity contribution in [1.82, 2.24) is 4.98 Å². The van der Waals surface area contributed by atoms with Gasteiger partial charge in [-0.2, -0.15) is 5.26 Å². The molecule has 0 fully saturated rings. The van der Waals surface area contributed by atoms with Crippen LogP contribution in [0.4, 0.5) is 11.4 Å². The lowest BCUT2D eigenvalue weighted by molar-refractivity contribution is 0.175. The molecule has 2 N–H and O–H groups in total. The van der Waals surface area contributed by atoms with Crippen LogP contribution in [-0.2, 0) is 4.74 Å². The average Bonchev–Trinajstić information content (AvgIpc) is 2.62. The summed E-state index contributed by atoms with van der Waals surface area (Å²) in [6.07, 6.45) is 2.05. The van der Waals surface area contributed by atoms with Crippen molar-refractivity contribution < 1.29 is 9.47 Å². The first-order chi connectivity index (χ1) is 12.2. The Morgan fingerprint density at radius 1 is 1.40 bits per heavy atom. The molecule has 3 rings (SSSR count). The predicted octanol–water partition coefficient (Wildman–Crippen LogP) is 3.51. The fourth-order valence-electron chi connectivity index (χ4n) is 2.49. The Morgan fingerprint density at radius 2 is 2.28 bits per heavy atom. The van der Waals surface area contributed by atoms with E-state index >= 15 is 0 Å². The van der Waals surface area contributed by atoms with Crippen LogP contribution in [0.25, 0.3) is 6.08 Å². The van der Waals surface area contributed by atoms with Gasteiger partial charge in [0.05, 0.1) is 19.4 Å². The van der Waals surface area contributed by atoms with Gasteiger partial charge < -0.3 is 20.1 Å². The van der Waals surface area contributed by atoms with Crippen molar-refractivity contribution >= 4 is 29.1 Å². The quantitative estimate of drug-likeness (QED) is 0.872. The van der Waals surface area contributed by atoms with Crippen LogP contribution < -0.4 is 15.4 Å².